The maximum atomic E-state index is 13.9. The first kappa shape index (κ1) is 19.1. The highest BCUT2D eigenvalue weighted by molar-refractivity contribution is 6.21. The lowest BCUT2D eigenvalue weighted by Gasteiger charge is -2.43. The van der Waals surface area contributed by atoms with Gasteiger partial charge in [0.25, 0.3) is 11.8 Å². The highest BCUT2D eigenvalue weighted by Gasteiger charge is 2.62. The number of phenols is 2. The number of amides is 2. The van der Waals surface area contributed by atoms with Gasteiger partial charge in [-0.25, -0.2) is 0 Å². The third-order valence-corrected chi connectivity index (χ3v) is 6.34. The maximum Gasteiger partial charge on any atom is 0.261 e. The van der Waals surface area contributed by atoms with Crippen LogP contribution in [0.3, 0.4) is 0 Å². The molecule has 4 aromatic rings. The minimum absolute atomic E-state index is 0.0789. The molecule has 0 fully saturated rings. The first-order chi connectivity index (χ1) is 16.0. The van der Waals surface area contributed by atoms with E-state index in [1.807, 2.05) is 24.3 Å². The largest absolute Gasteiger partial charge is 0.508 e. The Hall–Kier alpha value is -4.58. The van der Waals surface area contributed by atoms with E-state index in [1.165, 1.54) is 24.3 Å². The summed E-state index contributed by atoms with van der Waals surface area (Å²) in [6.07, 6.45) is 0. The van der Waals surface area contributed by atoms with Gasteiger partial charge in [0.05, 0.1) is 0 Å². The van der Waals surface area contributed by atoms with Crippen LogP contribution in [-0.4, -0.2) is 22.0 Å². The van der Waals surface area contributed by atoms with Gasteiger partial charge in [-0.1, -0.05) is 36.4 Å². The van der Waals surface area contributed by atoms with Crippen molar-refractivity contribution < 1.29 is 19.8 Å². The summed E-state index contributed by atoms with van der Waals surface area (Å²) in [5.41, 5.74) is 2.20. The fourth-order valence-corrected chi connectivity index (χ4v) is 5.02. The molecule has 0 saturated carbocycles. The molecule has 2 N–H and O–H groups in total. The first-order valence-corrected chi connectivity index (χ1v) is 10.5. The lowest BCUT2D eigenvalue weighted by atomic mass is 9.89. The zero-order valence-corrected chi connectivity index (χ0v) is 17.3. The molecule has 2 amide bonds. The number of benzene rings is 4. The molecule has 0 bridgehead atoms. The van der Waals surface area contributed by atoms with Crippen molar-refractivity contribution in [1.29, 1.82) is 0 Å². The van der Waals surface area contributed by atoms with Crippen LogP contribution in [0.25, 0.3) is 0 Å². The van der Waals surface area contributed by atoms with Gasteiger partial charge >= 0.3 is 0 Å². The molecule has 4 aromatic carbocycles. The van der Waals surface area contributed by atoms with Crippen molar-refractivity contribution in [2.75, 3.05) is 9.80 Å². The predicted molar refractivity (Wildman–Crippen MR) is 123 cm³/mol. The third kappa shape index (κ3) is 2.43. The lowest BCUT2D eigenvalue weighted by molar-refractivity contribution is 0.0961. The first-order valence-electron chi connectivity index (χ1n) is 10.5. The second kappa shape index (κ2) is 6.71. The van der Waals surface area contributed by atoms with E-state index in [2.05, 4.69) is 0 Å². The Bertz CT molecular complexity index is 1320. The Balaban J connectivity index is 1.74. The molecule has 0 unspecified atom stereocenters. The van der Waals surface area contributed by atoms with Gasteiger partial charge in [0.15, 0.2) is 5.66 Å². The monoisotopic (exact) mass is 434 g/mol. The predicted octanol–water partition coefficient (Wildman–Crippen LogP) is 4.62. The number of fused-ring (bicyclic) bond motifs is 4. The summed E-state index contributed by atoms with van der Waals surface area (Å²) in [5.74, 6) is -0.334. The van der Waals surface area contributed by atoms with Crippen molar-refractivity contribution in [1.82, 2.24) is 0 Å². The molecule has 2 heterocycles. The van der Waals surface area contributed by atoms with Crippen LogP contribution in [0.2, 0.25) is 0 Å². The van der Waals surface area contributed by atoms with Gasteiger partial charge in [0, 0.05) is 33.6 Å². The second-order valence-electron chi connectivity index (χ2n) is 8.08. The van der Waals surface area contributed by atoms with Crippen LogP contribution in [0.15, 0.2) is 97.1 Å². The smallest absolute Gasteiger partial charge is 0.261 e. The number of phenolic OH excluding ortho intramolecular Hbond substituents is 2. The molecular weight excluding hydrogens is 416 g/mol. The van der Waals surface area contributed by atoms with Crippen LogP contribution in [0.1, 0.15) is 31.8 Å². The van der Waals surface area contributed by atoms with Crippen molar-refractivity contribution in [2.24, 2.45) is 0 Å². The number of nitrogens with zero attached hydrogens (tertiary/aromatic N) is 2. The molecule has 160 valence electrons. The number of anilines is 2. The van der Waals surface area contributed by atoms with E-state index in [1.54, 1.807) is 58.3 Å². The molecule has 1 spiro atoms. The van der Waals surface area contributed by atoms with Crippen molar-refractivity contribution in [2.45, 2.75) is 5.66 Å². The number of rotatable bonds is 2. The Morgan fingerprint density at radius 3 is 1.27 bits per heavy atom. The van der Waals surface area contributed by atoms with E-state index in [0.717, 1.165) is 0 Å². The molecule has 0 radical (unpaired) electrons. The van der Waals surface area contributed by atoms with Crippen LogP contribution in [-0.2, 0) is 5.66 Å². The normalized spacial score (nSPS) is 15.8. The molecule has 6 rings (SSSR count). The summed E-state index contributed by atoms with van der Waals surface area (Å²) in [6, 6.07) is 27.3. The van der Waals surface area contributed by atoms with Crippen LogP contribution in [0.5, 0.6) is 11.5 Å². The number of carbonyl (C=O) groups excluding carboxylic acids is 2. The Morgan fingerprint density at radius 1 is 0.515 bits per heavy atom. The van der Waals surface area contributed by atoms with Crippen LogP contribution in [0.4, 0.5) is 11.4 Å². The Morgan fingerprint density at radius 2 is 0.879 bits per heavy atom. The average Bonchev–Trinajstić information content (AvgIpc) is 3.25. The second-order valence-corrected chi connectivity index (χ2v) is 8.08. The minimum Gasteiger partial charge on any atom is -0.508 e. The summed E-state index contributed by atoms with van der Waals surface area (Å²) in [6.45, 7) is 0. The number of aromatic hydroxyl groups is 2. The topological polar surface area (TPSA) is 81.1 Å². The van der Waals surface area contributed by atoms with Crippen LogP contribution < -0.4 is 9.80 Å². The minimum atomic E-state index is -1.27. The summed E-state index contributed by atoms with van der Waals surface area (Å²) in [4.78, 5) is 31.0. The molecule has 6 heteroatoms. The van der Waals surface area contributed by atoms with E-state index in [9.17, 15) is 19.8 Å². The molecule has 0 atom stereocenters. The Kier molecular flexibility index (Phi) is 3.89. The molecule has 0 aliphatic carbocycles. The van der Waals surface area contributed by atoms with E-state index < -0.39 is 5.66 Å². The molecule has 0 saturated heterocycles. The van der Waals surface area contributed by atoms with Crippen molar-refractivity contribution in [3.05, 3.63) is 119 Å². The zero-order chi connectivity index (χ0) is 22.7. The Labute approximate surface area is 189 Å². The zero-order valence-electron chi connectivity index (χ0n) is 17.3. The molecule has 0 aromatic heterocycles. The molecular formula is C27H18N2O4. The third-order valence-electron chi connectivity index (χ3n) is 6.34. The van der Waals surface area contributed by atoms with Gasteiger partial charge in [0.2, 0.25) is 0 Å². The van der Waals surface area contributed by atoms with E-state index in [4.69, 9.17) is 0 Å². The van der Waals surface area contributed by atoms with Crippen molar-refractivity contribution in [3.63, 3.8) is 0 Å². The standard InChI is InChI=1S/C27H18N2O4/c30-19-13-9-17(10-14-19)28-25(32)21-5-1-3-7-23(21)27(28)24-8-4-2-6-22(24)26(33)29(27)18-11-15-20(31)16-12-18/h1-16,30-31H. The number of hydrogen-bond donors (Lipinski definition) is 2. The van der Waals surface area contributed by atoms with Crippen LogP contribution in [0, 0.1) is 0 Å². The summed E-state index contributed by atoms with van der Waals surface area (Å²) in [5, 5.41) is 19.7. The van der Waals surface area contributed by atoms with Crippen molar-refractivity contribution in [3.8, 4) is 11.5 Å². The summed E-state index contributed by atoms with van der Waals surface area (Å²) < 4.78 is 0. The fourth-order valence-electron chi connectivity index (χ4n) is 5.02. The van der Waals surface area contributed by atoms with Gasteiger partial charge in [-0.3, -0.25) is 19.4 Å². The van der Waals surface area contributed by atoms with Gasteiger partial charge in [-0.05, 0) is 60.7 Å². The maximum absolute atomic E-state index is 13.9. The van der Waals surface area contributed by atoms with Crippen molar-refractivity contribution >= 4 is 23.2 Å². The van der Waals surface area contributed by atoms with Gasteiger partial charge in [0.1, 0.15) is 11.5 Å². The van der Waals surface area contributed by atoms with Crippen LogP contribution >= 0.6 is 0 Å². The number of carbonyl (C=O) groups is 2. The lowest BCUT2D eigenvalue weighted by Crippen LogP contribution is -2.56. The molecule has 2 aliphatic heterocycles. The van der Waals surface area contributed by atoms with E-state index in [-0.39, 0.29) is 23.3 Å². The fraction of sp³-hybridized carbons (Fsp3) is 0.0370. The quantitative estimate of drug-likeness (QED) is 0.482. The summed E-state index contributed by atoms with van der Waals surface area (Å²) >= 11 is 0. The van der Waals surface area contributed by atoms with Gasteiger partial charge in [-0.2, -0.15) is 0 Å². The highest BCUT2D eigenvalue weighted by Crippen LogP contribution is 2.55. The highest BCUT2D eigenvalue weighted by atomic mass is 16.3. The average molecular weight is 434 g/mol. The van der Waals surface area contributed by atoms with Gasteiger partial charge in [-0.15, -0.1) is 0 Å². The number of hydrogen-bond acceptors (Lipinski definition) is 4. The molecule has 6 nitrogen and oxygen atoms in total. The summed E-state index contributed by atoms with van der Waals surface area (Å²) in [7, 11) is 0. The molecule has 33 heavy (non-hydrogen) atoms. The van der Waals surface area contributed by atoms with E-state index >= 15 is 0 Å². The SMILES string of the molecule is O=C1c2ccccc2C2(c3ccccc3C(=O)N2c2ccc(O)cc2)N1c1ccc(O)cc1. The van der Waals surface area contributed by atoms with E-state index in [0.29, 0.717) is 33.6 Å². The molecule has 2 aliphatic rings. The van der Waals surface area contributed by atoms with Gasteiger partial charge < -0.3 is 10.2 Å².